The Morgan fingerprint density at radius 3 is 2.40 bits per heavy atom. The van der Waals surface area contributed by atoms with Crippen molar-refractivity contribution in [2.45, 2.75) is 26.3 Å². The number of hydrogen-bond donors (Lipinski definition) is 3. The number of carbonyl (C=O) groups excluding carboxylic acids is 1. The number of nitrogens with zero attached hydrogens (tertiary/aromatic N) is 1. The second-order valence-electron chi connectivity index (χ2n) is 5.34. The van der Waals surface area contributed by atoms with Gasteiger partial charge in [-0.25, -0.2) is 9.59 Å². The van der Waals surface area contributed by atoms with Crippen molar-refractivity contribution < 1.29 is 19.4 Å². The van der Waals surface area contributed by atoms with Gasteiger partial charge >= 0.3 is 12.0 Å². The van der Waals surface area contributed by atoms with Crippen molar-refractivity contribution in [3.8, 4) is 0 Å². The van der Waals surface area contributed by atoms with Gasteiger partial charge in [0.1, 0.15) is 6.04 Å². The van der Waals surface area contributed by atoms with Crippen LogP contribution in [0.4, 0.5) is 4.79 Å². The van der Waals surface area contributed by atoms with E-state index >= 15 is 0 Å². The summed E-state index contributed by atoms with van der Waals surface area (Å²) in [6.07, 6.45) is 0.405. The van der Waals surface area contributed by atoms with Crippen LogP contribution in [0.1, 0.15) is 20.3 Å². The maximum absolute atomic E-state index is 11.5. The lowest BCUT2D eigenvalue weighted by Crippen LogP contribution is -2.47. The molecule has 0 heterocycles. The number of rotatable bonds is 10. The molecule has 0 aliphatic heterocycles. The first-order valence-electron chi connectivity index (χ1n) is 6.82. The van der Waals surface area contributed by atoms with Gasteiger partial charge in [0, 0.05) is 13.1 Å². The molecule has 2 amide bonds. The van der Waals surface area contributed by atoms with Gasteiger partial charge < -0.3 is 25.4 Å². The number of hydrogen-bond acceptors (Lipinski definition) is 4. The van der Waals surface area contributed by atoms with Gasteiger partial charge in [-0.05, 0) is 26.4 Å². The molecule has 7 heteroatoms. The molecule has 0 bridgehead atoms. The fraction of sp³-hybridized carbons (Fsp3) is 0.846. The molecule has 118 valence electrons. The van der Waals surface area contributed by atoms with E-state index in [9.17, 15) is 9.59 Å². The zero-order chi connectivity index (χ0) is 15.5. The Bertz CT molecular complexity index is 295. The summed E-state index contributed by atoms with van der Waals surface area (Å²) in [5.74, 6) is -0.818. The van der Waals surface area contributed by atoms with Crippen LogP contribution >= 0.6 is 0 Å². The Hall–Kier alpha value is -1.34. The lowest BCUT2D eigenvalue weighted by Gasteiger charge is -2.17. The van der Waals surface area contributed by atoms with E-state index in [1.54, 1.807) is 0 Å². The third kappa shape index (κ3) is 10.6. The summed E-state index contributed by atoms with van der Waals surface area (Å²) in [4.78, 5) is 24.5. The van der Waals surface area contributed by atoms with Crippen molar-refractivity contribution >= 4 is 12.0 Å². The quantitative estimate of drug-likeness (QED) is 0.505. The predicted octanol–water partition coefficient (Wildman–Crippen LogP) is 0.363. The topological polar surface area (TPSA) is 90.9 Å². The van der Waals surface area contributed by atoms with E-state index in [2.05, 4.69) is 10.6 Å². The summed E-state index contributed by atoms with van der Waals surface area (Å²) in [6.45, 7) is 6.00. The standard InChI is InChI=1S/C13H27N3O4/c1-10(2)9-11(12(17)18)15-13(19)14-5-7-20-8-6-16(3)4/h10-11H,5-9H2,1-4H3,(H,17,18)(H2,14,15,19)/t11-/m1/s1. The first-order chi connectivity index (χ1) is 9.32. The number of carboxylic acid groups (broad SMARTS) is 1. The molecule has 0 fully saturated rings. The van der Waals surface area contributed by atoms with Crippen LogP contribution < -0.4 is 10.6 Å². The monoisotopic (exact) mass is 289 g/mol. The molecule has 0 aliphatic rings. The second kappa shape index (κ2) is 10.4. The molecule has 0 aromatic heterocycles. The summed E-state index contributed by atoms with van der Waals surface area (Å²) < 4.78 is 5.31. The Balaban J connectivity index is 3.77. The molecular weight excluding hydrogens is 262 g/mol. The van der Waals surface area contributed by atoms with Crippen LogP contribution in [0.25, 0.3) is 0 Å². The maximum atomic E-state index is 11.5. The average Bonchev–Trinajstić information content (AvgIpc) is 2.31. The minimum absolute atomic E-state index is 0.200. The zero-order valence-electron chi connectivity index (χ0n) is 12.8. The number of carbonyl (C=O) groups is 2. The first kappa shape index (κ1) is 18.7. The van der Waals surface area contributed by atoms with E-state index in [0.717, 1.165) is 6.54 Å². The lowest BCUT2D eigenvalue weighted by atomic mass is 10.0. The summed E-state index contributed by atoms with van der Waals surface area (Å²) in [5, 5.41) is 14.0. The summed E-state index contributed by atoms with van der Waals surface area (Å²) in [5.41, 5.74) is 0. The van der Waals surface area contributed by atoms with Gasteiger partial charge in [0.05, 0.1) is 13.2 Å². The van der Waals surface area contributed by atoms with Crippen molar-refractivity contribution in [2.75, 3.05) is 40.4 Å². The third-order valence-corrected chi connectivity index (χ3v) is 2.53. The molecule has 0 radical (unpaired) electrons. The van der Waals surface area contributed by atoms with Crippen molar-refractivity contribution in [3.63, 3.8) is 0 Å². The van der Waals surface area contributed by atoms with Crippen LogP contribution in [0.3, 0.4) is 0 Å². The molecule has 0 saturated heterocycles. The minimum atomic E-state index is -1.02. The SMILES string of the molecule is CC(C)C[C@@H](NC(=O)NCCOCCN(C)C)C(=O)O. The molecule has 0 aromatic carbocycles. The van der Waals surface area contributed by atoms with E-state index in [4.69, 9.17) is 9.84 Å². The molecule has 0 aliphatic carbocycles. The molecule has 1 atom stereocenters. The van der Waals surface area contributed by atoms with E-state index in [-0.39, 0.29) is 5.92 Å². The highest BCUT2D eigenvalue weighted by Gasteiger charge is 2.20. The molecule has 0 rings (SSSR count). The van der Waals surface area contributed by atoms with Gasteiger partial charge in [-0.3, -0.25) is 0 Å². The molecule has 20 heavy (non-hydrogen) atoms. The van der Waals surface area contributed by atoms with Gasteiger partial charge in [-0.15, -0.1) is 0 Å². The van der Waals surface area contributed by atoms with Crippen LogP contribution in [0.2, 0.25) is 0 Å². The molecule has 0 spiro atoms. The van der Waals surface area contributed by atoms with Crippen LogP contribution in [-0.4, -0.2) is 68.4 Å². The molecule has 3 N–H and O–H groups in total. The van der Waals surface area contributed by atoms with Crippen LogP contribution in [-0.2, 0) is 9.53 Å². The normalized spacial score (nSPS) is 12.5. The fourth-order valence-electron chi connectivity index (χ4n) is 1.49. The largest absolute Gasteiger partial charge is 0.480 e. The maximum Gasteiger partial charge on any atom is 0.326 e. The molecular formula is C13H27N3O4. The number of urea groups is 1. The van der Waals surface area contributed by atoms with Crippen molar-refractivity contribution in [3.05, 3.63) is 0 Å². The molecule has 0 unspecified atom stereocenters. The Morgan fingerprint density at radius 1 is 1.25 bits per heavy atom. The van der Waals surface area contributed by atoms with Crippen molar-refractivity contribution in [1.29, 1.82) is 0 Å². The van der Waals surface area contributed by atoms with Gasteiger partial charge in [-0.2, -0.15) is 0 Å². The average molecular weight is 289 g/mol. The number of aliphatic carboxylic acids is 1. The summed E-state index contributed by atoms with van der Waals surface area (Å²) in [6, 6.07) is -1.33. The van der Waals surface area contributed by atoms with Crippen LogP contribution in [0.15, 0.2) is 0 Å². The van der Waals surface area contributed by atoms with E-state index in [0.29, 0.717) is 26.2 Å². The Morgan fingerprint density at radius 2 is 1.90 bits per heavy atom. The highest BCUT2D eigenvalue weighted by atomic mass is 16.5. The minimum Gasteiger partial charge on any atom is -0.480 e. The lowest BCUT2D eigenvalue weighted by molar-refractivity contribution is -0.139. The van der Waals surface area contributed by atoms with Crippen LogP contribution in [0, 0.1) is 5.92 Å². The van der Waals surface area contributed by atoms with Crippen molar-refractivity contribution in [2.24, 2.45) is 5.92 Å². The van der Waals surface area contributed by atoms with Crippen LogP contribution in [0.5, 0.6) is 0 Å². The fourth-order valence-corrected chi connectivity index (χ4v) is 1.49. The van der Waals surface area contributed by atoms with Crippen molar-refractivity contribution in [1.82, 2.24) is 15.5 Å². The van der Waals surface area contributed by atoms with Gasteiger partial charge in [0.2, 0.25) is 0 Å². The first-order valence-corrected chi connectivity index (χ1v) is 6.82. The second-order valence-corrected chi connectivity index (χ2v) is 5.34. The van der Waals surface area contributed by atoms with Gasteiger partial charge in [0.15, 0.2) is 0 Å². The summed E-state index contributed by atoms with van der Waals surface area (Å²) in [7, 11) is 3.91. The Labute approximate surface area is 120 Å². The van der Waals surface area contributed by atoms with Gasteiger partial charge in [-0.1, -0.05) is 13.8 Å². The third-order valence-electron chi connectivity index (χ3n) is 2.53. The Kier molecular flexibility index (Phi) is 9.75. The highest BCUT2D eigenvalue weighted by Crippen LogP contribution is 2.04. The summed E-state index contributed by atoms with van der Waals surface area (Å²) >= 11 is 0. The number of amides is 2. The van der Waals surface area contributed by atoms with E-state index in [1.807, 2.05) is 32.8 Å². The van der Waals surface area contributed by atoms with E-state index in [1.165, 1.54) is 0 Å². The molecule has 0 aromatic rings. The number of carboxylic acids is 1. The number of nitrogens with one attached hydrogen (secondary N) is 2. The number of ether oxygens (including phenoxy) is 1. The molecule has 7 nitrogen and oxygen atoms in total. The smallest absolute Gasteiger partial charge is 0.326 e. The van der Waals surface area contributed by atoms with Gasteiger partial charge in [0.25, 0.3) is 0 Å². The highest BCUT2D eigenvalue weighted by molar-refractivity contribution is 5.82. The zero-order valence-corrected chi connectivity index (χ0v) is 12.8. The molecule has 0 saturated carbocycles. The van der Waals surface area contributed by atoms with E-state index < -0.39 is 18.0 Å². The number of likely N-dealkylation sites (N-methyl/N-ethyl adjacent to an activating group) is 1. The predicted molar refractivity (Wildman–Crippen MR) is 76.8 cm³/mol.